The minimum atomic E-state index is -3.70. The van der Waals surface area contributed by atoms with Crippen molar-refractivity contribution in [2.24, 2.45) is 11.1 Å². The lowest BCUT2D eigenvalue weighted by molar-refractivity contribution is 0.150. The average Bonchev–Trinajstić information content (AvgIpc) is 2.96. The topological polar surface area (TPSA) is 85.3 Å². The molecule has 0 spiro atoms. The van der Waals surface area contributed by atoms with Crippen LogP contribution >= 0.6 is 0 Å². The Hall–Kier alpha value is -2.15. The van der Waals surface area contributed by atoms with Gasteiger partial charge in [-0.25, -0.2) is 13.6 Å². The Morgan fingerprint density at radius 2 is 1.96 bits per heavy atom. The summed E-state index contributed by atoms with van der Waals surface area (Å²) in [5.74, 6) is 0.141. The van der Waals surface area contributed by atoms with Gasteiger partial charge in [0.1, 0.15) is 0 Å². The van der Waals surface area contributed by atoms with Crippen LogP contribution in [0.25, 0.3) is 11.3 Å². The number of aliphatic hydroxyl groups excluding tert-OH is 1. The summed E-state index contributed by atoms with van der Waals surface area (Å²) in [5, 5.41) is 14.9. The maximum Gasteiger partial charge on any atom is 0.238 e. The van der Waals surface area contributed by atoms with E-state index in [0.717, 1.165) is 28.9 Å². The molecule has 0 radical (unpaired) electrons. The van der Waals surface area contributed by atoms with Crippen molar-refractivity contribution in [3.05, 3.63) is 66.0 Å². The molecule has 0 bridgehead atoms. The molecular formula is C19H22N2O3S. The number of allylic oxidation sites excluding steroid dienone is 3. The second-order valence-corrected chi connectivity index (χ2v) is 8.03. The number of nitrogens with two attached hydrogens (primary N) is 1. The zero-order chi connectivity index (χ0) is 18.2. The Labute approximate surface area is 148 Å². The summed E-state index contributed by atoms with van der Waals surface area (Å²) >= 11 is 0. The Bertz CT molecular complexity index is 936. The smallest absolute Gasteiger partial charge is 0.238 e. The van der Waals surface area contributed by atoms with E-state index in [0.29, 0.717) is 0 Å². The third-order valence-electron chi connectivity index (χ3n) is 4.45. The fourth-order valence-electron chi connectivity index (χ4n) is 3.01. The molecule has 0 saturated heterocycles. The Kier molecular flexibility index (Phi) is 4.69. The molecule has 0 saturated carbocycles. The van der Waals surface area contributed by atoms with E-state index in [4.69, 9.17) is 5.14 Å². The van der Waals surface area contributed by atoms with Crippen molar-refractivity contribution in [1.29, 1.82) is 0 Å². The van der Waals surface area contributed by atoms with E-state index in [9.17, 15) is 13.5 Å². The maximum absolute atomic E-state index is 11.4. The number of hydrogen-bond donors (Lipinski definition) is 2. The average molecular weight is 358 g/mol. The van der Waals surface area contributed by atoms with Gasteiger partial charge in [-0.2, -0.15) is 0 Å². The monoisotopic (exact) mass is 358 g/mol. The lowest BCUT2D eigenvalue weighted by atomic mass is 9.91. The van der Waals surface area contributed by atoms with Crippen LogP contribution in [0.1, 0.15) is 24.6 Å². The number of rotatable bonds is 4. The van der Waals surface area contributed by atoms with Gasteiger partial charge in [-0.05, 0) is 61.7 Å². The Balaban J connectivity index is 1.96. The molecule has 3 N–H and O–H groups in total. The molecule has 6 heteroatoms. The van der Waals surface area contributed by atoms with E-state index < -0.39 is 10.0 Å². The van der Waals surface area contributed by atoms with E-state index >= 15 is 0 Å². The van der Waals surface area contributed by atoms with Gasteiger partial charge in [0.15, 0.2) is 0 Å². The molecular weight excluding hydrogens is 336 g/mol. The van der Waals surface area contributed by atoms with E-state index in [2.05, 4.69) is 12.1 Å². The van der Waals surface area contributed by atoms with Crippen LogP contribution in [-0.2, 0) is 10.0 Å². The van der Waals surface area contributed by atoms with Gasteiger partial charge in [0.05, 0.1) is 16.7 Å². The normalized spacial score (nSPS) is 18.9. The largest absolute Gasteiger partial charge is 0.393 e. The second-order valence-electron chi connectivity index (χ2n) is 6.47. The number of aromatic nitrogens is 1. The number of benzene rings is 1. The molecule has 1 aliphatic carbocycles. The van der Waals surface area contributed by atoms with Crippen LogP contribution in [0.3, 0.4) is 0 Å². The zero-order valence-electron chi connectivity index (χ0n) is 14.3. The van der Waals surface area contributed by atoms with E-state index in [-0.39, 0.29) is 16.9 Å². The molecule has 1 aromatic carbocycles. The highest BCUT2D eigenvalue weighted by molar-refractivity contribution is 7.89. The lowest BCUT2D eigenvalue weighted by Crippen LogP contribution is -2.15. The molecule has 3 rings (SSSR count). The first kappa shape index (κ1) is 17.7. The fourth-order valence-corrected chi connectivity index (χ4v) is 3.53. The van der Waals surface area contributed by atoms with Crippen molar-refractivity contribution < 1.29 is 13.5 Å². The first-order valence-corrected chi connectivity index (χ1v) is 9.69. The molecule has 25 heavy (non-hydrogen) atoms. The van der Waals surface area contributed by atoms with Gasteiger partial charge in [-0.1, -0.05) is 18.2 Å². The summed E-state index contributed by atoms with van der Waals surface area (Å²) in [6.07, 6.45) is 8.63. The lowest BCUT2D eigenvalue weighted by Gasteiger charge is -2.19. The minimum Gasteiger partial charge on any atom is -0.393 e. The van der Waals surface area contributed by atoms with Crippen molar-refractivity contribution in [3.63, 3.8) is 0 Å². The number of aryl methyl sites for hydroxylation is 1. The number of sulfonamides is 1. The minimum absolute atomic E-state index is 0.0956. The van der Waals surface area contributed by atoms with Crippen molar-refractivity contribution in [2.75, 3.05) is 0 Å². The van der Waals surface area contributed by atoms with Gasteiger partial charge in [-0.15, -0.1) is 0 Å². The highest BCUT2D eigenvalue weighted by Crippen LogP contribution is 2.29. The molecule has 5 nitrogen and oxygen atoms in total. The van der Waals surface area contributed by atoms with Crippen molar-refractivity contribution >= 4 is 15.6 Å². The highest BCUT2D eigenvalue weighted by Gasteiger charge is 2.17. The molecule has 1 heterocycles. The first-order valence-electron chi connectivity index (χ1n) is 8.15. The number of primary sulfonamides is 1. The molecule has 0 aliphatic heterocycles. The van der Waals surface area contributed by atoms with E-state index in [1.54, 1.807) is 19.1 Å². The van der Waals surface area contributed by atoms with Crippen LogP contribution in [0.2, 0.25) is 0 Å². The fraction of sp³-hybridized carbons (Fsp3) is 0.263. The van der Waals surface area contributed by atoms with Crippen molar-refractivity contribution in [1.82, 2.24) is 4.57 Å². The third kappa shape index (κ3) is 3.76. The molecule has 2 unspecified atom stereocenters. The molecule has 2 atom stereocenters. The SMILES string of the molecule is Cc1cc(C2=CCC(C(C)O)C=C2)n(-c2ccc(S(N)(=O)=O)cc2)c1. The zero-order valence-corrected chi connectivity index (χ0v) is 15.1. The van der Waals surface area contributed by atoms with Crippen LogP contribution < -0.4 is 5.14 Å². The molecule has 0 amide bonds. The van der Waals surface area contributed by atoms with Gasteiger partial charge in [-0.3, -0.25) is 0 Å². The van der Waals surface area contributed by atoms with E-state index in [1.165, 1.54) is 12.1 Å². The predicted molar refractivity (Wildman–Crippen MR) is 98.8 cm³/mol. The summed E-state index contributed by atoms with van der Waals surface area (Å²) in [7, 11) is -3.70. The standard InChI is InChI=1S/C19H22N2O3S/c1-13-11-19(16-5-3-15(4-6-16)14(2)22)21(12-13)17-7-9-18(10-8-17)25(20,23)24/h3,5-12,14-15,22H,4H2,1-2H3,(H2,20,23,24). The van der Waals surface area contributed by atoms with Crippen LogP contribution in [0.15, 0.2) is 59.7 Å². The summed E-state index contributed by atoms with van der Waals surface area (Å²) in [5.41, 5.74) is 4.08. The quantitative estimate of drug-likeness (QED) is 0.881. The molecule has 1 aromatic heterocycles. The van der Waals surface area contributed by atoms with Gasteiger partial charge in [0, 0.05) is 17.8 Å². The number of nitrogens with zero attached hydrogens (tertiary/aromatic N) is 1. The van der Waals surface area contributed by atoms with Crippen LogP contribution in [0, 0.1) is 12.8 Å². The van der Waals surface area contributed by atoms with Gasteiger partial charge in [0.2, 0.25) is 10.0 Å². The van der Waals surface area contributed by atoms with Gasteiger partial charge < -0.3 is 9.67 Å². The van der Waals surface area contributed by atoms with Gasteiger partial charge in [0.25, 0.3) is 0 Å². The molecule has 132 valence electrons. The molecule has 0 fully saturated rings. The second kappa shape index (κ2) is 6.63. The number of aliphatic hydroxyl groups is 1. The Morgan fingerprint density at radius 1 is 1.28 bits per heavy atom. The summed E-state index contributed by atoms with van der Waals surface area (Å²) in [6.45, 7) is 3.82. The first-order chi connectivity index (χ1) is 11.8. The van der Waals surface area contributed by atoms with Crippen LogP contribution in [0.4, 0.5) is 0 Å². The summed E-state index contributed by atoms with van der Waals surface area (Å²) in [6, 6.07) is 8.60. The van der Waals surface area contributed by atoms with E-state index in [1.807, 2.05) is 29.8 Å². The third-order valence-corrected chi connectivity index (χ3v) is 5.38. The number of hydrogen-bond acceptors (Lipinski definition) is 3. The Morgan fingerprint density at radius 3 is 2.48 bits per heavy atom. The van der Waals surface area contributed by atoms with Crippen LogP contribution in [0.5, 0.6) is 0 Å². The van der Waals surface area contributed by atoms with Crippen LogP contribution in [-0.4, -0.2) is 24.2 Å². The molecule has 2 aromatic rings. The van der Waals surface area contributed by atoms with Gasteiger partial charge >= 0.3 is 0 Å². The maximum atomic E-state index is 11.4. The summed E-state index contributed by atoms with van der Waals surface area (Å²) < 4.78 is 24.9. The summed E-state index contributed by atoms with van der Waals surface area (Å²) in [4.78, 5) is 0.0956. The van der Waals surface area contributed by atoms with Crippen molar-refractivity contribution in [3.8, 4) is 5.69 Å². The predicted octanol–water partition coefficient (Wildman–Crippen LogP) is 2.77. The highest BCUT2D eigenvalue weighted by atomic mass is 32.2. The van der Waals surface area contributed by atoms with Crippen molar-refractivity contribution in [2.45, 2.75) is 31.3 Å². The molecule has 1 aliphatic rings.